The number of ether oxygens (including phenoxy) is 1. The predicted octanol–water partition coefficient (Wildman–Crippen LogP) is 3.15. The molecule has 1 aromatic carbocycles. The van der Waals surface area contributed by atoms with Crippen LogP contribution in [0.5, 0.6) is 0 Å². The summed E-state index contributed by atoms with van der Waals surface area (Å²) in [5.41, 5.74) is 2.52. The van der Waals surface area contributed by atoms with Crippen molar-refractivity contribution in [3.63, 3.8) is 0 Å². The number of carbonyl (C=O) groups is 1. The van der Waals surface area contributed by atoms with Crippen LogP contribution < -0.4 is 0 Å². The van der Waals surface area contributed by atoms with Crippen molar-refractivity contribution in [2.45, 2.75) is 39.0 Å². The first-order valence-corrected chi connectivity index (χ1v) is 6.42. The van der Waals surface area contributed by atoms with Crippen LogP contribution in [0.4, 0.5) is 0 Å². The highest BCUT2D eigenvalue weighted by atomic mass is 16.5. The van der Waals surface area contributed by atoms with Crippen LogP contribution >= 0.6 is 0 Å². The molecule has 1 aromatic rings. The second kappa shape index (κ2) is 8.45. The molecule has 0 aliphatic carbocycles. The first-order chi connectivity index (χ1) is 8.72. The van der Waals surface area contributed by atoms with Crippen molar-refractivity contribution in [3.8, 4) is 0 Å². The van der Waals surface area contributed by atoms with Crippen molar-refractivity contribution in [2.75, 3.05) is 6.61 Å². The summed E-state index contributed by atoms with van der Waals surface area (Å²) in [4.78, 5) is 10.6. The number of benzene rings is 1. The average Bonchev–Trinajstić information content (AvgIpc) is 2.36. The zero-order valence-electron chi connectivity index (χ0n) is 10.9. The van der Waals surface area contributed by atoms with Crippen molar-refractivity contribution in [3.05, 3.63) is 35.4 Å². The molecule has 0 atom stereocenters. The maximum Gasteiger partial charge on any atom is 0.302 e. The van der Waals surface area contributed by atoms with E-state index in [9.17, 15) is 4.79 Å². The highest BCUT2D eigenvalue weighted by molar-refractivity contribution is 5.65. The van der Waals surface area contributed by atoms with Crippen molar-refractivity contribution in [1.82, 2.24) is 0 Å². The molecule has 3 heteroatoms. The molecule has 0 spiro atoms. The zero-order chi connectivity index (χ0) is 13.2. The van der Waals surface area contributed by atoms with E-state index in [1.54, 1.807) is 0 Å². The molecule has 18 heavy (non-hydrogen) atoms. The van der Waals surface area contributed by atoms with Gasteiger partial charge in [-0.25, -0.2) is 0 Å². The number of rotatable bonds is 8. The van der Waals surface area contributed by atoms with Gasteiger partial charge in [-0.15, -0.1) is 0 Å². The Morgan fingerprint density at radius 2 is 1.78 bits per heavy atom. The van der Waals surface area contributed by atoms with E-state index in [1.165, 1.54) is 24.3 Å². The normalized spacial score (nSPS) is 10.1. The average molecular weight is 247 g/mol. The molecule has 1 N–H and O–H groups in total. The van der Waals surface area contributed by atoms with Crippen molar-refractivity contribution >= 4 is 12.2 Å². The van der Waals surface area contributed by atoms with Crippen LogP contribution in [0.2, 0.25) is 0 Å². The van der Waals surface area contributed by atoms with Crippen LogP contribution in [0.15, 0.2) is 24.3 Å². The number of carbonyl (C=O) groups excluding carboxylic acids is 1. The van der Waals surface area contributed by atoms with Gasteiger partial charge in [0.05, 0.1) is 6.61 Å². The molecular weight excluding hydrogens is 226 g/mol. The second-order valence-corrected chi connectivity index (χ2v) is 4.36. The Balaban J connectivity index is 2.28. The van der Waals surface area contributed by atoms with Crippen molar-refractivity contribution in [1.29, 1.82) is 5.41 Å². The third-order valence-corrected chi connectivity index (χ3v) is 2.78. The van der Waals surface area contributed by atoms with Crippen LogP contribution in [0.25, 0.3) is 0 Å². The minimum atomic E-state index is -0.224. The van der Waals surface area contributed by atoms with E-state index in [0.717, 1.165) is 32.1 Å². The van der Waals surface area contributed by atoms with E-state index in [1.807, 2.05) is 0 Å². The minimum absolute atomic E-state index is 0.224. The summed E-state index contributed by atoms with van der Waals surface area (Å²) in [6.07, 6.45) is 6.39. The summed E-state index contributed by atoms with van der Waals surface area (Å²) in [6.45, 7) is 1.88. The molecule has 0 amide bonds. The number of unbranched alkanes of at least 4 members (excludes halogenated alkanes) is 2. The van der Waals surface area contributed by atoms with Gasteiger partial charge in [0.2, 0.25) is 0 Å². The van der Waals surface area contributed by atoms with E-state index in [0.29, 0.717) is 6.61 Å². The molecule has 0 aromatic heterocycles. The predicted molar refractivity (Wildman–Crippen MR) is 73.1 cm³/mol. The maximum atomic E-state index is 10.6. The van der Waals surface area contributed by atoms with Crippen LogP contribution in [0.1, 0.15) is 37.3 Å². The Morgan fingerprint density at radius 3 is 2.33 bits per heavy atom. The molecule has 0 heterocycles. The number of esters is 1. The third-order valence-electron chi connectivity index (χ3n) is 2.78. The zero-order valence-corrected chi connectivity index (χ0v) is 10.9. The minimum Gasteiger partial charge on any atom is -0.466 e. The SMILES string of the molecule is CC(=O)OCCc1ccc(CCCCC=N)cc1. The fourth-order valence-electron chi connectivity index (χ4n) is 1.76. The molecule has 0 radical (unpaired) electrons. The molecule has 0 fully saturated rings. The Hall–Kier alpha value is -1.64. The smallest absolute Gasteiger partial charge is 0.302 e. The van der Waals surface area contributed by atoms with Gasteiger partial charge in [-0.05, 0) is 43.0 Å². The van der Waals surface area contributed by atoms with Gasteiger partial charge < -0.3 is 10.1 Å². The summed E-state index contributed by atoms with van der Waals surface area (Å²) in [5.74, 6) is -0.224. The van der Waals surface area contributed by atoms with Gasteiger partial charge in [0.15, 0.2) is 0 Å². The van der Waals surface area contributed by atoms with Gasteiger partial charge >= 0.3 is 5.97 Å². The lowest BCUT2D eigenvalue weighted by molar-refractivity contribution is -0.140. The monoisotopic (exact) mass is 247 g/mol. The largest absolute Gasteiger partial charge is 0.466 e. The van der Waals surface area contributed by atoms with E-state index in [4.69, 9.17) is 10.1 Å². The topological polar surface area (TPSA) is 50.2 Å². The Labute approximate surface area is 109 Å². The summed E-state index contributed by atoms with van der Waals surface area (Å²) >= 11 is 0. The van der Waals surface area contributed by atoms with Crippen LogP contribution in [0, 0.1) is 5.41 Å². The number of hydrogen-bond acceptors (Lipinski definition) is 3. The first kappa shape index (κ1) is 14.4. The Morgan fingerprint density at radius 1 is 1.17 bits per heavy atom. The standard InChI is InChI=1S/C15H21NO2/c1-13(17)18-12-10-15-8-6-14(7-9-15)5-3-2-4-11-16/h6-9,11,16H,2-5,10,12H2,1H3. The summed E-state index contributed by atoms with van der Waals surface area (Å²) in [6, 6.07) is 8.45. The molecule has 0 saturated heterocycles. The lowest BCUT2D eigenvalue weighted by atomic mass is 10.0. The molecule has 0 aliphatic rings. The fourth-order valence-corrected chi connectivity index (χ4v) is 1.76. The van der Waals surface area contributed by atoms with Gasteiger partial charge in [-0.2, -0.15) is 0 Å². The van der Waals surface area contributed by atoms with Gasteiger partial charge in [0.1, 0.15) is 0 Å². The van der Waals surface area contributed by atoms with Gasteiger partial charge in [0.25, 0.3) is 0 Å². The Bertz CT molecular complexity index is 371. The summed E-state index contributed by atoms with van der Waals surface area (Å²) in [7, 11) is 0. The molecule has 0 unspecified atom stereocenters. The van der Waals surface area contributed by atoms with Crippen molar-refractivity contribution in [2.24, 2.45) is 0 Å². The second-order valence-electron chi connectivity index (χ2n) is 4.36. The van der Waals surface area contributed by atoms with Gasteiger partial charge in [-0.3, -0.25) is 4.79 Å². The lowest BCUT2D eigenvalue weighted by Crippen LogP contribution is -2.03. The lowest BCUT2D eigenvalue weighted by Gasteiger charge is -2.04. The number of aryl methyl sites for hydroxylation is 1. The van der Waals surface area contributed by atoms with E-state index < -0.39 is 0 Å². The quantitative estimate of drug-likeness (QED) is 0.436. The van der Waals surface area contributed by atoms with Gasteiger partial charge in [-0.1, -0.05) is 24.3 Å². The van der Waals surface area contributed by atoms with Gasteiger partial charge in [0, 0.05) is 13.3 Å². The third kappa shape index (κ3) is 6.18. The number of hydrogen-bond donors (Lipinski definition) is 1. The Kier molecular flexibility index (Phi) is 6.77. The van der Waals surface area contributed by atoms with Crippen molar-refractivity contribution < 1.29 is 9.53 Å². The fraction of sp³-hybridized carbons (Fsp3) is 0.467. The van der Waals surface area contributed by atoms with Crippen LogP contribution in [0.3, 0.4) is 0 Å². The molecule has 1 rings (SSSR count). The molecule has 0 bridgehead atoms. The van der Waals surface area contributed by atoms with E-state index in [2.05, 4.69) is 24.3 Å². The highest BCUT2D eigenvalue weighted by Crippen LogP contribution is 2.09. The number of nitrogens with one attached hydrogen (secondary N) is 1. The van der Waals surface area contributed by atoms with Crippen LogP contribution in [-0.2, 0) is 22.4 Å². The molecule has 3 nitrogen and oxygen atoms in total. The maximum absolute atomic E-state index is 10.6. The molecule has 0 saturated carbocycles. The highest BCUT2D eigenvalue weighted by Gasteiger charge is 1.97. The molecular formula is C15H21NO2. The molecule has 0 aliphatic heterocycles. The van der Waals surface area contributed by atoms with E-state index in [-0.39, 0.29) is 5.97 Å². The van der Waals surface area contributed by atoms with Crippen LogP contribution in [-0.4, -0.2) is 18.8 Å². The van der Waals surface area contributed by atoms with E-state index >= 15 is 0 Å². The summed E-state index contributed by atoms with van der Waals surface area (Å²) < 4.78 is 4.91. The molecule has 98 valence electrons. The first-order valence-electron chi connectivity index (χ1n) is 6.42. The summed E-state index contributed by atoms with van der Waals surface area (Å²) in [5, 5.41) is 6.95.